The van der Waals surface area contributed by atoms with Gasteiger partial charge >= 0.3 is 0 Å². The fourth-order valence-corrected chi connectivity index (χ4v) is 2.86. The second-order valence-electron chi connectivity index (χ2n) is 4.14. The van der Waals surface area contributed by atoms with Crippen molar-refractivity contribution in [2.24, 2.45) is 0 Å². The highest BCUT2D eigenvalue weighted by atomic mass is 32.2. The van der Waals surface area contributed by atoms with E-state index < -0.39 is 10.0 Å². The molecule has 0 heterocycles. The Bertz CT molecular complexity index is 510. The first-order valence-electron chi connectivity index (χ1n) is 5.24. The minimum Gasteiger partial charge on any atom is -0.495 e. The number of benzene rings is 1. The number of ether oxygens (including phenoxy) is 1. The van der Waals surface area contributed by atoms with Crippen molar-refractivity contribution >= 4 is 15.7 Å². The van der Waals surface area contributed by atoms with E-state index >= 15 is 0 Å². The zero-order chi connectivity index (χ0) is 13.2. The number of aryl methyl sites for hydroxylation is 1. The van der Waals surface area contributed by atoms with Gasteiger partial charge in [0.15, 0.2) is 0 Å². The topological polar surface area (TPSA) is 81.4 Å². The molecule has 0 saturated carbocycles. The Hall–Kier alpha value is -1.27. The summed E-state index contributed by atoms with van der Waals surface area (Å²) >= 11 is 0. The molecule has 0 aliphatic carbocycles. The van der Waals surface area contributed by atoms with Crippen molar-refractivity contribution in [1.29, 1.82) is 0 Å². The Labute approximate surface area is 102 Å². The molecule has 0 atom stereocenters. The van der Waals surface area contributed by atoms with Crippen molar-refractivity contribution in [3.8, 4) is 5.75 Å². The molecule has 0 spiro atoms. The van der Waals surface area contributed by atoms with Crippen LogP contribution in [0.15, 0.2) is 17.0 Å². The van der Waals surface area contributed by atoms with Gasteiger partial charge in [-0.05, 0) is 38.5 Å². The van der Waals surface area contributed by atoms with E-state index in [0.717, 1.165) is 5.56 Å². The van der Waals surface area contributed by atoms with Gasteiger partial charge in [0.05, 0.1) is 7.11 Å². The molecule has 0 radical (unpaired) electrons. The molecule has 0 saturated heterocycles. The van der Waals surface area contributed by atoms with Crippen LogP contribution in [0.25, 0.3) is 0 Å². The van der Waals surface area contributed by atoms with Crippen LogP contribution >= 0.6 is 0 Å². The van der Waals surface area contributed by atoms with Gasteiger partial charge in [-0.3, -0.25) is 0 Å². The molecule has 0 fully saturated rings. The maximum atomic E-state index is 12.0. The number of nitrogen functional groups attached to an aromatic ring is 1. The zero-order valence-electron chi connectivity index (χ0n) is 10.4. The zero-order valence-corrected chi connectivity index (χ0v) is 11.3. The van der Waals surface area contributed by atoms with E-state index in [1.54, 1.807) is 26.8 Å². The maximum absolute atomic E-state index is 12.0. The lowest BCUT2D eigenvalue weighted by molar-refractivity contribution is 0.402. The Morgan fingerprint density at radius 3 is 2.41 bits per heavy atom. The number of methoxy groups -OCH3 is 1. The van der Waals surface area contributed by atoms with E-state index in [0.29, 0.717) is 11.4 Å². The van der Waals surface area contributed by atoms with Gasteiger partial charge in [0.25, 0.3) is 0 Å². The molecule has 0 aromatic heterocycles. The van der Waals surface area contributed by atoms with Crippen LogP contribution in [0.5, 0.6) is 5.75 Å². The minimum absolute atomic E-state index is 0.0665. The van der Waals surface area contributed by atoms with Gasteiger partial charge in [-0.2, -0.15) is 0 Å². The second kappa shape index (κ2) is 4.93. The predicted octanol–water partition coefficient (Wildman–Crippen LogP) is 1.27. The number of sulfonamides is 1. The molecule has 0 amide bonds. The van der Waals surface area contributed by atoms with Crippen LogP contribution in [0.2, 0.25) is 0 Å². The van der Waals surface area contributed by atoms with Gasteiger partial charge in [0, 0.05) is 11.7 Å². The molecule has 1 aromatic rings. The van der Waals surface area contributed by atoms with E-state index in [2.05, 4.69) is 4.72 Å². The average molecular weight is 258 g/mol. The summed E-state index contributed by atoms with van der Waals surface area (Å²) in [5.74, 6) is 0.296. The van der Waals surface area contributed by atoms with Crippen LogP contribution in [0, 0.1) is 6.92 Å². The van der Waals surface area contributed by atoms with Crippen molar-refractivity contribution in [3.05, 3.63) is 17.7 Å². The lowest BCUT2D eigenvalue weighted by Gasteiger charge is -2.14. The standard InChI is InChI=1S/C11H18N2O3S/c1-7(2)13-17(14,15)11-6-9(12)8(3)5-10(11)16-4/h5-7,13H,12H2,1-4H3. The number of nitrogens with two attached hydrogens (primary N) is 1. The van der Waals surface area contributed by atoms with Gasteiger partial charge in [-0.25, -0.2) is 13.1 Å². The highest BCUT2D eigenvalue weighted by Gasteiger charge is 2.21. The number of hydrogen-bond donors (Lipinski definition) is 2. The summed E-state index contributed by atoms with van der Waals surface area (Å²) in [6, 6.07) is 2.84. The molecule has 3 N–H and O–H groups in total. The number of rotatable bonds is 4. The molecule has 0 bridgehead atoms. The Kier molecular flexibility index (Phi) is 4.00. The number of anilines is 1. The molecule has 0 aliphatic heterocycles. The van der Waals surface area contributed by atoms with Crippen LogP contribution in [-0.4, -0.2) is 21.6 Å². The lowest BCUT2D eigenvalue weighted by atomic mass is 10.2. The van der Waals surface area contributed by atoms with Crippen molar-refractivity contribution in [2.75, 3.05) is 12.8 Å². The molecular formula is C11H18N2O3S. The molecule has 6 heteroatoms. The van der Waals surface area contributed by atoms with Gasteiger partial charge in [0.2, 0.25) is 10.0 Å². The van der Waals surface area contributed by atoms with Crippen LogP contribution in [0.1, 0.15) is 19.4 Å². The first kappa shape index (κ1) is 13.8. The fraction of sp³-hybridized carbons (Fsp3) is 0.455. The summed E-state index contributed by atoms with van der Waals surface area (Å²) in [7, 11) is -2.17. The molecule has 0 aliphatic rings. The Morgan fingerprint density at radius 2 is 1.94 bits per heavy atom. The third-order valence-corrected chi connectivity index (χ3v) is 3.91. The smallest absolute Gasteiger partial charge is 0.244 e. The monoisotopic (exact) mass is 258 g/mol. The summed E-state index contributed by atoms with van der Waals surface area (Å²) in [6.45, 7) is 5.30. The number of hydrogen-bond acceptors (Lipinski definition) is 4. The normalized spacial score (nSPS) is 11.8. The van der Waals surface area contributed by atoms with Crippen LogP contribution in [0.3, 0.4) is 0 Å². The van der Waals surface area contributed by atoms with E-state index in [-0.39, 0.29) is 10.9 Å². The fourth-order valence-electron chi connectivity index (χ4n) is 1.42. The first-order chi connectivity index (χ1) is 7.77. The Morgan fingerprint density at radius 1 is 1.35 bits per heavy atom. The summed E-state index contributed by atoms with van der Waals surface area (Å²) in [4.78, 5) is 0.0665. The molecule has 0 unspecified atom stereocenters. The largest absolute Gasteiger partial charge is 0.495 e. The van der Waals surface area contributed by atoms with Crippen molar-refractivity contribution in [1.82, 2.24) is 4.72 Å². The van der Waals surface area contributed by atoms with Crippen molar-refractivity contribution in [3.63, 3.8) is 0 Å². The minimum atomic E-state index is -3.60. The van der Waals surface area contributed by atoms with E-state index in [9.17, 15) is 8.42 Å². The predicted molar refractivity (Wildman–Crippen MR) is 67.6 cm³/mol. The summed E-state index contributed by atoms with van der Waals surface area (Å²) < 4.78 is 31.6. The highest BCUT2D eigenvalue weighted by molar-refractivity contribution is 7.89. The molecule has 96 valence electrons. The van der Waals surface area contributed by atoms with Gasteiger partial charge in [0.1, 0.15) is 10.6 Å². The van der Waals surface area contributed by atoms with Gasteiger partial charge < -0.3 is 10.5 Å². The third kappa shape index (κ3) is 3.10. The highest BCUT2D eigenvalue weighted by Crippen LogP contribution is 2.28. The van der Waals surface area contributed by atoms with Crippen LogP contribution in [0.4, 0.5) is 5.69 Å². The van der Waals surface area contributed by atoms with E-state index in [4.69, 9.17) is 10.5 Å². The maximum Gasteiger partial charge on any atom is 0.244 e. The third-order valence-electron chi connectivity index (χ3n) is 2.23. The van der Waals surface area contributed by atoms with Crippen molar-refractivity contribution in [2.45, 2.75) is 31.7 Å². The second-order valence-corrected chi connectivity index (χ2v) is 5.82. The summed E-state index contributed by atoms with van der Waals surface area (Å²) in [6.07, 6.45) is 0. The van der Waals surface area contributed by atoms with E-state index in [1.807, 2.05) is 0 Å². The van der Waals surface area contributed by atoms with Gasteiger partial charge in [-0.1, -0.05) is 0 Å². The molecule has 1 rings (SSSR count). The molecule has 1 aromatic carbocycles. The quantitative estimate of drug-likeness (QED) is 0.797. The summed E-state index contributed by atoms with van der Waals surface area (Å²) in [5.41, 5.74) is 6.93. The van der Waals surface area contributed by atoms with Crippen LogP contribution in [-0.2, 0) is 10.0 Å². The molecule has 5 nitrogen and oxygen atoms in total. The van der Waals surface area contributed by atoms with E-state index in [1.165, 1.54) is 13.2 Å². The van der Waals surface area contributed by atoms with Crippen molar-refractivity contribution < 1.29 is 13.2 Å². The SMILES string of the molecule is COc1cc(C)c(N)cc1S(=O)(=O)NC(C)C. The lowest BCUT2D eigenvalue weighted by Crippen LogP contribution is -2.30. The average Bonchev–Trinajstić information content (AvgIpc) is 2.19. The first-order valence-corrected chi connectivity index (χ1v) is 6.72. The number of nitrogens with one attached hydrogen (secondary N) is 1. The Balaban J connectivity index is 3.35. The van der Waals surface area contributed by atoms with Gasteiger partial charge in [-0.15, -0.1) is 0 Å². The molecule has 17 heavy (non-hydrogen) atoms. The summed E-state index contributed by atoms with van der Waals surface area (Å²) in [5, 5.41) is 0. The van der Waals surface area contributed by atoms with Crippen LogP contribution < -0.4 is 15.2 Å². The molecular weight excluding hydrogens is 240 g/mol.